The average molecular weight is 297 g/mol. The zero-order chi connectivity index (χ0) is 15.7. The van der Waals surface area contributed by atoms with Gasteiger partial charge < -0.3 is 15.2 Å². The summed E-state index contributed by atoms with van der Waals surface area (Å²) in [7, 11) is 2.96. The second-order valence-electron chi connectivity index (χ2n) is 4.71. The molecule has 2 N–H and O–H groups in total. The van der Waals surface area contributed by atoms with Crippen molar-refractivity contribution in [1.82, 2.24) is 9.38 Å². The molecular weight excluding hydrogens is 282 g/mol. The first-order valence-corrected chi connectivity index (χ1v) is 6.64. The van der Waals surface area contributed by atoms with Crippen LogP contribution >= 0.6 is 0 Å². The fraction of sp³-hybridized carbons (Fsp3) is 0.125. The highest BCUT2D eigenvalue weighted by molar-refractivity contribution is 5.91. The van der Waals surface area contributed by atoms with Crippen LogP contribution in [0.5, 0.6) is 5.75 Å². The number of carbonyl (C=O) groups is 1. The van der Waals surface area contributed by atoms with Gasteiger partial charge in [-0.05, 0) is 36.4 Å². The topological polar surface area (TPSA) is 78.9 Å². The monoisotopic (exact) mass is 297 g/mol. The molecule has 0 aliphatic carbocycles. The molecule has 0 radical (unpaired) electrons. The molecule has 0 atom stereocenters. The third kappa shape index (κ3) is 2.24. The maximum atomic E-state index is 11.6. The van der Waals surface area contributed by atoms with Crippen molar-refractivity contribution < 1.29 is 14.3 Å². The van der Waals surface area contributed by atoms with Gasteiger partial charge in [0, 0.05) is 11.8 Å². The van der Waals surface area contributed by atoms with Crippen LogP contribution in [0.15, 0.2) is 42.6 Å². The molecule has 1 aromatic carbocycles. The molecule has 0 saturated carbocycles. The Kier molecular flexibility index (Phi) is 3.42. The SMILES string of the molecule is COC(=O)c1ccn2c(N)c(-c3ccc(OC)cc3)nc2c1. The molecule has 0 spiro atoms. The molecule has 6 heteroatoms. The Balaban J connectivity index is 2.10. The van der Waals surface area contributed by atoms with Crippen LogP contribution in [0.4, 0.5) is 5.82 Å². The van der Waals surface area contributed by atoms with Crippen LogP contribution < -0.4 is 10.5 Å². The molecule has 3 rings (SSSR count). The minimum absolute atomic E-state index is 0.407. The van der Waals surface area contributed by atoms with Gasteiger partial charge in [0.05, 0.1) is 19.8 Å². The van der Waals surface area contributed by atoms with Gasteiger partial charge in [0.15, 0.2) is 0 Å². The molecule has 0 aliphatic rings. The van der Waals surface area contributed by atoms with Crippen molar-refractivity contribution in [1.29, 1.82) is 0 Å². The van der Waals surface area contributed by atoms with Crippen molar-refractivity contribution in [3.63, 3.8) is 0 Å². The number of anilines is 1. The van der Waals surface area contributed by atoms with E-state index in [-0.39, 0.29) is 0 Å². The van der Waals surface area contributed by atoms with Gasteiger partial charge in [0.2, 0.25) is 0 Å². The fourth-order valence-corrected chi connectivity index (χ4v) is 2.27. The van der Waals surface area contributed by atoms with Crippen LogP contribution in [-0.2, 0) is 4.74 Å². The predicted octanol–water partition coefficient (Wildman–Crippen LogP) is 2.38. The van der Waals surface area contributed by atoms with Gasteiger partial charge in [0.1, 0.15) is 22.9 Å². The number of imidazole rings is 1. The minimum Gasteiger partial charge on any atom is -0.497 e. The number of ether oxygens (including phenoxy) is 2. The standard InChI is InChI=1S/C16H15N3O3/c1-21-12-5-3-10(4-6-12)14-15(17)19-8-7-11(16(20)22-2)9-13(19)18-14/h3-9H,17H2,1-2H3. The lowest BCUT2D eigenvalue weighted by atomic mass is 10.1. The second-order valence-corrected chi connectivity index (χ2v) is 4.71. The van der Waals surface area contributed by atoms with E-state index in [0.717, 1.165) is 11.3 Å². The molecule has 2 aromatic heterocycles. The Morgan fingerprint density at radius 3 is 2.55 bits per heavy atom. The Morgan fingerprint density at radius 1 is 1.18 bits per heavy atom. The largest absolute Gasteiger partial charge is 0.497 e. The molecule has 0 unspecified atom stereocenters. The number of rotatable bonds is 3. The van der Waals surface area contributed by atoms with E-state index < -0.39 is 5.97 Å². The van der Waals surface area contributed by atoms with E-state index in [0.29, 0.717) is 22.7 Å². The summed E-state index contributed by atoms with van der Waals surface area (Å²) in [6.07, 6.45) is 1.71. The molecule has 22 heavy (non-hydrogen) atoms. The normalized spacial score (nSPS) is 10.6. The van der Waals surface area contributed by atoms with Gasteiger partial charge >= 0.3 is 5.97 Å². The summed E-state index contributed by atoms with van der Waals surface area (Å²) in [5, 5.41) is 0. The van der Waals surface area contributed by atoms with Crippen LogP contribution in [0.1, 0.15) is 10.4 Å². The summed E-state index contributed by atoms with van der Waals surface area (Å²) in [5.74, 6) is 0.866. The van der Waals surface area contributed by atoms with Crippen molar-refractivity contribution >= 4 is 17.4 Å². The fourth-order valence-electron chi connectivity index (χ4n) is 2.27. The first kappa shape index (κ1) is 13.9. The highest BCUT2D eigenvalue weighted by Gasteiger charge is 2.14. The smallest absolute Gasteiger partial charge is 0.338 e. The molecule has 0 amide bonds. The van der Waals surface area contributed by atoms with E-state index in [1.54, 1.807) is 29.8 Å². The summed E-state index contributed by atoms with van der Waals surface area (Å²) in [6, 6.07) is 10.8. The maximum Gasteiger partial charge on any atom is 0.338 e. The number of esters is 1. The first-order chi connectivity index (χ1) is 10.6. The van der Waals surface area contributed by atoms with Gasteiger partial charge in [-0.2, -0.15) is 0 Å². The van der Waals surface area contributed by atoms with Crippen LogP contribution in [0.25, 0.3) is 16.9 Å². The minimum atomic E-state index is -0.407. The van der Waals surface area contributed by atoms with Crippen LogP contribution in [0, 0.1) is 0 Å². The zero-order valence-corrected chi connectivity index (χ0v) is 12.2. The number of nitrogens with two attached hydrogens (primary N) is 1. The van der Waals surface area contributed by atoms with Gasteiger partial charge in [-0.1, -0.05) is 0 Å². The van der Waals surface area contributed by atoms with Crippen molar-refractivity contribution in [2.24, 2.45) is 0 Å². The number of pyridine rings is 1. The lowest BCUT2D eigenvalue weighted by molar-refractivity contribution is 0.0600. The number of benzene rings is 1. The van der Waals surface area contributed by atoms with E-state index in [9.17, 15) is 4.79 Å². The summed E-state index contributed by atoms with van der Waals surface area (Å²) < 4.78 is 11.6. The average Bonchev–Trinajstić information content (AvgIpc) is 2.90. The Morgan fingerprint density at radius 2 is 1.91 bits per heavy atom. The Hall–Kier alpha value is -3.02. The Bertz CT molecular complexity index is 838. The van der Waals surface area contributed by atoms with Crippen LogP contribution in [-0.4, -0.2) is 29.6 Å². The van der Waals surface area contributed by atoms with Gasteiger partial charge in [-0.15, -0.1) is 0 Å². The van der Waals surface area contributed by atoms with E-state index >= 15 is 0 Å². The maximum absolute atomic E-state index is 11.6. The number of hydrogen-bond acceptors (Lipinski definition) is 5. The number of fused-ring (bicyclic) bond motifs is 1. The highest BCUT2D eigenvalue weighted by atomic mass is 16.5. The van der Waals surface area contributed by atoms with Crippen LogP contribution in [0.3, 0.4) is 0 Å². The summed E-state index contributed by atoms with van der Waals surface area (Å²) in [5.41, 5.74) is 8.71. The molecule has 3 aromatic rings. The zero-order valence-electron chi connectivity index (χ0n) is 12.2. The van der Waals surface area contributed by atoms with E-state index in [1.165, 1.54) is 7.11 Å². The molecular formula is C16H15N3O3. The van der Waals surface area contributed by atoms with Gasteiger partial charge in [-0.3, -0.25) is 4.40 Å². The number of nitrogen functional groups attached to an aromatic ring is 1. The molecule has 0 saturated heterocycles. The van der Waals surface area contributed by atoms with Crippen molar-refractivity contribution in [3.8, 4) is 17.0 Å². The number of methoxy groups -OCH3 is 2. The molecule has 0 aliphatic heterocycles. The molecule has 112 valence electrons. The van der Waals surface area contributed by atoms with Crippen molar-refractivity contribution in [2.75, 3.05) is 20.0 Å². The molecule has 6 nitrogen and oxygen atoms in total. The van der Waals surface area contributed by atoms with E-state index in [4.69, 9.17) is 15.2 Å². The molecule has 0 bridgehead atoms. The third-order valence-electron chi connectivity index (χ3n) is 3.45. The lowest BCUT2D eigenvalue weighted by Crippen LogP contribution is -2.02. The van der Waals surface area contributed by atoms with Crippen LogP contribution in [0.2, 0.25) is 0 Å². The quantitative estimate of drug-likeness (QED) is 0.751. The van der Waals surface area contributed by atoms with Crippen molar-refractivity contribution in [3.05, 3.63) is 48.2 Å². The first-order valence-electron chi connectivity index (χ1n) is 6.64. The molecule has 0 fully saturated rings. The predicted molar refractivity (Wildman–Crippen MR) is 82.9 cm³/mol. The second kappa shape index (κ2) is 5.40. The van der Waals surface area contributed by atoms with Gasteiger partial charge in [-0.25, -0.2) is 9.78 Å². The lowest BCUT2D eigenvalue weighted by Gasteiger charge is -2.02. The van der Waals surface area contributed by atoms with Crippen molar-refractivity contribution in [2.45, 2.75) is 0 Å². The molecule has 2 heterocycles. The van der Waals surface area contributed by atoms with Gasteiger partial charge in [0.25, 0.3) is 0 Å². The third-order valence-corrected chi connectivity index (χ3v) is 3.45. The van der Waals surface area contributed by atoms with E-state index in [1.807, 2.05) is 24.3 Å². The summed E-state index contributed by atoms with van der Waals surface area (Å²) in [6.45, 7) is 0. The number of nitrogens with zero attached hydrogens (tertiary/aromatic N) is 2. The summed E-state index contributed by atoms with van der Waals surface area (Å²) in [4.78, 5) is 16.1. The summed E-state index contributed by atoms with van der Waals surface area (Å²) >= 11 is 0. The Labute approximate surface area is 127 Å². The number of carbonyl (C=O) groups excluding carboxylic acids is 1. The van der Waals surface area contributed by atoms with E-state index in [2.05, 4.69) is 4.98 Å². The number of hydrogen-bond donors (Lipinski definition) is 1. The number of aromatic nitrogens is 2. The highest BCUT2D eigenvalue weighted by Crippen LogP contribution is 2.28.